The number of likely N-dealkylation sites (tertiary alicyclic amines) is 1. The molecule has 3 atom stereocenters. The minimum absolute atomic E-state index is 0.159. The summed E-state index contributed by atoms with van der Waals surface area (Å²) in [6.07, 6.45) is 2.25. The van der Waals surface area contributed by atoms with Crippen LogP contribution in [-0.2, 0) is 25.7 Å². The largest absolute Gasteiger partial charge is 0.394 e. The average Bonchev–Trinajstić information content (AvgIpc) is 2.79. The van der Waals surface area contributed by atoms with Gasteiger partial charge in [0.2, 0.25) is 11.7 Å². The highest BCUT2D eigenvalue weighted by atomic mass is 16.5. The van der Waals surface area contributed by atoms with E-state index in [4.69, 9.17) is 4.74 Å². The van der Waals surface area contributed by atoms with Gasteiger partial charge in [-0.05, 0) is 31.2 Å². The minimum atomic E-state index is -0.737. The number of aliphatic hydroxyl groups is 1. The topological polar surface area (TPSA) is 87.2 Å². The molecule has 0 radical (unpaired) electrons. The molecule has 1 aromatic carbocycles. The van der Waals surface area contributed by atoms with Gasteiger partial charge < -0.3 is 19.6 Å². The van der Waals surface area contributed by atoms with E-state index in [1.54, 1.807) is 23.6 Å². The van der Waals surface area contributed by atoms with Gasteiger partial charge in [-0.15, -0.1) is 0 Å². The summed E-state index contributed by atoms with van der Waals surface area (Å²) in [5.74, 6) is -1.12. The molecule has 7 nitrogen and oxygen atoms in total. The van der Waals surface area contributed by atoms with E-state index in [0.717, 1.165) is 18.4 Å². The van der Waals surface area contributed by atoms with Gasteiger partial charge >= 0.3 is 0 Å². The number of aliphatic hydroxyl groups excluding tert-OH is 1. The fraction of sp³-hybridized carbons (Fsp3) is 0.625. The smallest absolute Gasteiger partial charge is 0.291 e. The second-order valence-electron chi connectivity index (χ2n) is 9.22. The number of nitrogens with zero attached hydrogens (tertiary/aromatic N) is 2. The molecule has 2 amide bonds. The highest BCUT2D eigenvalue weighted by molar-refractivity contribution is 6.38. The van der Waals surface area contributed by atoms with Crippen LogP contribution < -0.4 is 0 Å². The van der Waals surface area contributed by atoms with E-state index < -0.39 is 29.3 Å². The van der Waals surface area contributed by atoms with Crippen LogP contribution >= 0.6 is 0 Å². The Hall–Kier alpha value is -2.25. The van der Waals surface area contributed by atoms with Crippen LogP contribution in [0.2, 0.25) is 0 Å². The Balaban J connectivity index is 1.67. The van der Waals surface area contributed by atoms with Gasteiger partial charge in [-0.2, -0.15) is 0 Å². The van der Waals surface area contributed by atoms with Gasteiger partial charge in [0.05, 0.1) is 25.4 Å². The summed E-state index contributed by atoms with van der Waals surface area (Å²) in [6.45, 7) is 6.23. The number of Topliss-reactive ketones (excluding diaryl/α,β-unsaturated/α-hetero) is 1. The van der Waals surface area contributed by atoms with Gasteiger partial charge in [0.15, 0.2) is 0 Å². The van der Waals surface area contributed by atoms with Crippen LogP contribution in [0.15, 0.2) is 30.3 Å². The molecule has 7 heteroatoms. The normalized spacial score (nSPS) is 22.4. The van der Waals surface area contributed by atoms with E-state index in [1.165, 1.54) is 0 Å². The summed E-state index contributed by atoms with van der Waals surface area (Å²) in [5.41, 5.74) is 0.260. The van der Waals surface area contributed by atoms with Gasteiger partial charge in [0.25, 0.3) is 5.91 Å². The SMILES string of the molecule is CCC(C)(C)C(=O)C(=O)N1C2CCCC1C(=O)N(C[C@@H](CO)OCc1ccccc1)C2. The number of hydrogen-bond acceptors (Lipinski definition) is 5. The zero-order valence-corrected chi connectivity index (χ0v) is 18.8. The van der Waals surface area contributed by atoms with E-state index >= 15 is 0 Å². The Morgan fingerprint density at radius 1 is 1.23 bits per heavy atom. The lowest BCUT2D eigenvalue weighted by Crippen LogP contribution is -2.67. The van der Waals surface area contributed by atoms with Crippen LogP contribution in [0.25, 0.3) is 0 Å². The standard InChI is InChI=1S/C24H34N2O5/c1-4-24(2,3)21(28)23(30)26-18-11-8-12-20(26)22(29)25(13-18)14-19(15-27)31-16-17-9-6-5-7-10-17/h5-7,9-10,18-20,27H,4,8,11-16H2,1-3H3/t18?,19-,20?/m0/s1. The maximum atomic E-state index is 13.2. The molecule has 3 rings (SSSR count). The van der Waals surface area contributed by atoms with Crippen LogP contribution in [-0.4, -0.2) is 70.4 Å². The number of fused-ring (bicyclic) bond motifs is 2. The van der Waals surface area contributed by atoms with Crippen molar-refractivity contribution < 1.29 is 24.2 Å². The van der Waals surface area contributed by atoms with E-state index in [-0.39, 0.29) is 25.1 Å². The quantitative estimate of drug-likeness (QED) is 0.607. The van der Waals surface area contributed by atoms with Crippen molar-refractivity contribution in [2.45, 2.75) is 71.2 Å². The lowest BCUT2D eigenvalue weighted by Gasteiger charge is -2.49. The number of amides is 2. The molecule has 2 unspecified atom stereocenters. The molecule has 2 aliphatic heterocycles. The van der Waals surface area contributed by atoms with Crippen molar-refractivity contribution in [3.8, 4) is 0 Å². The number of ether oxygens (including phenoxy) is 1. The summed E-state index contributed by atoms with van der Waals surface area (Å²) in [7, 11) is 0. The summed E-state index contributed by atoms with van der Waals surface area (Å²) >= 11 is 0. The molecule has 0 aromatic heterocycles. The van der Waals surface area contributed by atoms with E-state index in [2.05, 4.69) is 0 Å². The molecule has 170 valence electrons. The maximum absolute atomic E-state index is 13.2. The molecule has 2 fully saturated rings. The van der Waals surface area contributed by atoms with E-state index in [9.17, 15) is 19.5 Å². The van der Waals surface area contributed by atoms with Crippen LogP contribution in [0.3, 0.4) is 0 Å². The Labute approximate surface area is 184 Å². The third-order valence-electron chi connectivity index (χ3n) is 6.66. The number of benzene rings is 1. The summed E-state index contributed by atoms with van der Waals surface area (Å²) < 4.78 is 5.84. The highest BCUT2D eigenvalue weighted by Crippen LogP contribution is 2.32. The summed E-state index contributed by atoms with van der Waals surface area (Å²) in [4.78, 5) is 42.3. The van der Waals surface area contributed by atoms with Gasteiger partial charge in [0.1, 0.15) is 6.04 Å². The van der Waals surface area contributed by atoms with Crippen LogP contribution in [0.5, 0.6) is 0 Å². The van der Waals surface area contributed by atoms with Gasteiger partial charge in [-0.1, -0.05) is 51.1 Å². The van der Waals surface area contributed by atoms with E-state index in [0.29, 0.717) is 26.0 Å². The average molecular weight is 431 g/mol. The van der Waals surface area contributed by atoms with Crippen LogP contribution in [0, 0.1) is 5.41 Å². The predicted molar refractivity (Wildman–Crippen MR) is 116 cm³/mol. The van der Waals surface area contributed by atoms with Crippen LogP contribution in [0.4, 0.5) is 0 Å². The molecule has 2 aliphatic rings. The van der Waals surface area contributed by atoms with Crippen molar-refractivity contribution in [1.29, 1.82) is 0 Å². The number of rotatable bonds is 9. The number of piperidine rings is 1. The monoisotopic (exact) mass is 430 g/mol. The first-order valence-corrected chi connectivity index (χ1v) is 11.2. The number of carbonyl (C=O) groups excluding carboxylic acids is 3. The number of ketones is 1. The molecule has 2 saturated heterocycles. The van der Waals surface area contributed by atoms with Crippen molar-refractivity contribution >= 4 is 17.6 Å². The summed E-state index contributed by atoms with van der Waals surface area (Å²) in [6, 6.07) is 8.90. The Kier molecular flexibility index (Phi) is 7.49. The van der Waals surface area contributed by atoms with Crippen molar-refractivity contribution in [1.82, 2.24) is 9.80 Å². The van der Waals surface area contributed by atoms with Crippen molar-refractivity contribution in [2.75, 3.05) is 19.7 Å². The molecule has 0 aliphatic carbocycles. The fourth-order valence-corrected chi connectivity index (χ4v) is 4.29. The first kappa shape index (κ1) is 23.4. The molecule has 31 heavy (non-hydrogen) atoms. The Morgan fingerprint density at radius 3 is 2.58 bits per heavy atom. The predicted octanol–water partition coefficient (Wildman–Crippen LogP) is 2.16. The number of piperazine rings is 1. The van der Waals surface area contributed by atoms with E-state index in [1.807, 2.05) is 37.3 Å². The third kappa shape index (κ3) is 5.15. The second-order valence-corrected chi connectivity index (χ2v) is 9.22. The van der Waals surface area contributed by atoms with Gasteiger partial charge in [-0.3, -0.25) is 14.4 Å². The molecule has 0 saturated carbocycles. The molecule has 2 bridgehead atoms. The first-order chi connectivity index (χ1) is 14.8. The second kappa shape index (κ2) is 9.92. The van der Waals surface area contributed by atoms with Crippen molar-refractivity contribution in [3.05, 3.63) is 35.9 Å². The first-order valence-electron chi connectivity index (χ1n) is 11.2. The molecular weight excluding hydrogens is 396 g/mol. The van der Waals surface area contributed by atoms with Gasteiger partial charge in [0, 0.05) is 18.5 Å². The van der Waals surface area contributed by atoms with Crippen molar-refractivity contribution in [3.63, 3.8) is 0 Å². The zero-order valence-electron chi connectivity index (χ0n) is 18.8. The third-order valence-corrected chi connectivity index (χ3v) is 6.66. The van der Waals surface area contributed by atoms with Crippen LogP contribution in [0.1, 0.15) is 52.0 Å². The van der Waals surface area contributed by atoms with Gasteiger partial charge in [-0.25, -0.2) is 0 Å². The van der Waals surface area contributed by atoms with Crippen molar-refractivity contribution in [2.24, 2.45) is 5.41 Å². The molecule has 1 aromatic rings. The zero-order chi connectivity index (χ0) is 22.6. The number of carbonyl (C=O) groups is 3. The highest BCUT2D eigenvalue weighted by Gasteiger charge is 2.48. The maximum Gasteiger partial charge on any atom is 0.291 e. The lowest BCUT2D eigenvalue weighted by atomic mass is 9.82. The molecule has 0 spiro atoms. The Morgan fingerprint density at radius 2 is 1.94 bits per heavy atom. The lowest BCUT2D eigenvalue weighted by molar-refractivity contribution is -0.166. The fourth-order valence-electron chi connectivity index (χ4n) is 4.29. The Bertz CT molecular complexity index is 794. The number of hydrogen-bond donors (Lipinski definition) is 1. The summed E-state index contributed by atoms with van der Waals surface area (Å²) in [5, 5.41) is 9.78. The molecule has 2 heterocycles. The minimum Gasteiger partial charge on any atom is -0.394 e. The molecular formula is C24H34N2O5. The molecule has 1 N–H and O–H groups in total.